The second-order valence-corrected chi connectivity index (χ2v) is 11.4. The molecule has 0 bridgehead atoms. The van der Waals surface area contributed by atoms with Crippen molar-refractivity contribution in [2.75, 3.05) is 26.2 Å². The molecule has 0 spiro atoms. The lowest BCUT2D eigenvalue weighted by Crippen LogP contribution is -3.12. The van der Waals surface area contributed by atoms with Crippen molar-refractivity contribution < 1.29 is 18.1 Å². The first-order valence-corrected chi connectivity index (χ1v) is 13.1. The lowest BCUT2D eigenvalue weighted by atomic mass is 9.95. The van der Waals surface area contributed by atoms with E-state index in [4.69, 9.17) is 0 Å². The Bertz CT molecular complexity index is 916. The van der Waals surface area contributed by atoms with Crippen LogP contribution in [0.15, 0.2) is 52.1 Å². The number of quaternary nitrogens is 1. The Hall–Kier alpha value is -1.74. The fourth-order valence-corrected chi connectivity index (χ4v) is 7.06. The van der Waals surface area contributed by atoms with Crippen molar-refractivity contribution in [1.29, 1.82) is 0 Å². The molecule has 0 saturated carbocycles. The highest BCUT2D eigenvalue weighted by Crippen LogP contribution is 2.26. The van der Waals surface area contributed by atoms with Crippen molar-refractivity contribution in [2.45, 2.75) is 42.5 Å². The van der Waals surface area contributed by atoms with E-state index in [1.165, 1.54) is 21.2 Å². The van der Waals surface area contributed by atoms with Crippen molar-refractivity contribution in [3.8, 4) is 0 Å². The predicted octanol–water partition coefficient (Wildman–Crippen LogP) is 1.51. The highest BCUT2D eigenvalue weighted by molar-refractivity contribution is 7.91. The van der Waals surface area contributed by atoms with Crippen LogP contribution in [-0.2, 0) is 21.4 Å². The highest BCUT2D eigenvalue weighted by atomic mass is 32.2. The van der Waals surface area contributed by atoms with Gasteiger partial charge in [0, 0.05) is 43.5 Å². The first kappa shape index (κ1) is 21.5. The van der Waals surface area contributed by atoms with E-state index in [2.05, 4.69) is 29.6 Å². The summed E-state index contributed by atoms with van der Waals surface area (Å²) in [5.41, 5.74) is 1.36. The molecule has 4 rings (SSSR count). The summed E-state index contributed by atoms with van der Waals surface area (Å²) in [5, 5.41) is 5.01. The average molecular weight is 449 g/mol. The Morgan fingerprint density at radius 1 is 1.03 bits per heavy atom. The zero-order chi connectivity index (χ0) is 21.0. The van der Waals surface area contributed by atoms with Crippen molar-refractivity contribution in [3.05, 3.63) is 53.4 Å². The van der Waals surface area contributed by atoms with Gasteiger partial charge >= 0.3 is 0 Å². The average Bonchev–Trinajstić information content (AvgIpc) is 3.32. The van der Waals surface area contributed by atoms with Gasteiger partial charge in [0.15, 0.2) is 0 Å². The summed E-state index contributed by atoms with van der Waals surface area (Å²) in [7, 11) is -3.41. The molecule has 1 aromatic carbocycles. The van der Waals surface area contributed by atoms with Gasteiger partial charge in [0.1, 0.15) is 10.8 Å². The largest absolute Gasteiger partial charge is 0.353 e. The zero-order valence-electron chi connectivity index (χ0n) is 17.1. The van der Waals surface area contributed by atoms with Crippen molar-refractivity contribution in [1.82, 2.24) is 9.62 Å². The minimum atomic E-state index is -3.41. The molecule has 2 saturated heterocycles. The maximum Gasteiger partial charge on any atom is 0.252 e. The van der Waals surface area contributed by atoms with Crippen LogP contribution in [0.5, 0.6) is 0 Å². The monoisotopic (exact) mass is 448 g/mol. The molecule has 2 aromatic rings. The Balaban J connectivity index is 1.21. The van der Waals surface area contributed by atoms with Gasteiger partial charge in [-0.15, -0.1) is 11.3 Å². The smallest absolute Gasteiger partial charge is 0.252 e. The highest BCUT2D eigenvalue weighted by Gasteiger charge is 2.33. The second kappa shape index (κ2) is 9.60. The molecule has 3 heterocycles. The lowest BCUT2D eigenvalue weighted by molar-refractivity contribution is -0.918. The topological polar surface area (TPSA) is 70.9 Å². The number of sulfonamides is 1. The fourth-order valence-electron chi connectivity index (χ4n) is 4.45. The molecule has 162 valence electrons. The SMILES string of the molecule is O=C(NC1CC[NH+](Cc2ccccc2)CC1)C1CCN(S(=O)(=O)c2cccs2)CC1. The van der Waals surface area contributed by atoms with Crippen LogP contribution in [0.4, 0.5) is 0 Å². The number of likely N-dealkylation sites (tertiary alicyclic amines) is 1. The van der Waals surface area contributed by atoms with Gasteiger partial charge in [-0.1, -0.05) is 36.4 Å². The number of carbonyl (C=O) groups is 1. The summed E-state index contributed by atoms with van der Waals surface area (Å²) in [4.78, 5) is 14.3. The minimum absolute atomic E-state index is 0.0884. The van der Waals surface area contributed by atoms with Crippen molar-refractivity contribution in [2.24, 2.45) is 5.92 Å². The molecule has 2 fully saturated rings. The summed E-state index contributed by atoms with van der Waals surface area (Å²) in [6.45, 7) is 4.00. The second-order valence-electron chi connectivity index (χ2n) is 8.31. The molecule has 2 aliphatic rings. The molecule has 2 N–H and O–H groups in total. The summed E-state index contributed by atoms with van der Waals surface area (Å²) in [5.74, 6) is 0.00848. The number of amides is 1. The van der Waals surface area contributed by atoms with E-state index in [0.29, 0.717) is 30.1 Å². The summed E-state index contributed by atoms with van der Waals surface area (Å²) >= 11 is 1.24. The normalized spacial score (nSPS) is 23.9. The van der Waals surface area contributed by atoms with Crippen LogP contribution in [0.1, 0.15) is 31.2 Å². The van der Waals surface area contributed by atoms with Crippen LogP contribution in [0.25, 0.3) is 0 Å². The van der Waals surface area contributed by atoms with Gasteiger partial charge in [-0.25, -0.2) is 8.42 Å². The first-order chi connectivity index (χ1) is 14.5. The van der Waals surface area contributed by atoms with Crippen LogP contribution >= 0.6 is 11.3 Å². The van der Waals surface area contributed by atoms with Crippen LogP contribution in [0, 0.1) is 5.92 Å². The van der Waals surface area contributed by atoms with Gasteiger partial charge in [-0.05, 0) is 24.3 Å². The number of carbonyl (C=O) groups excluding carboxylic acids is 1. The molecule has 1 aromatic heterocycles. The Labute approximate surface area is 182 Å². The van der Waals surface area contributed by atoms with E-state index >= 15 is 0 Å². The number of nitrogens with zero attached hydrogens (tertiary/aromatic N) is 1. The lowest BCUT2D eigenvalue weighted by Gasteiger charge is -2.33. The number of benzene rings is 1. The quantitative estimate of drug-likeness (QED) is 0.704. The van der Waals surface area contributed by atoms with E-state index in [1.54, 1.807) is 22.4 Å². The zero-order valence-corrected chi connectivity index (χ0v) is 18.8. The Kier molecular flexibility index (Phi) is 6.87. The van der Waals surface area contributed by atoms with E-state index in [-0.39, 0.29) is 17.9 Å². The summed E-state index contributed by atoms with van der Waals surface area (Å²) < 4.78 is 27.2. The van der Waals surface area contributed by atoms with E-state index < -0.39 is 10.0 Å². The molecule has 1 amide bonds. The first-order valence-electron chi connectivity index (χ1n) is 10.7. The van der Waals surface area contributed by atoms with Crippen LogP contribution in [0.2, 0.25) is 0 Å². The molecule has 8 heteroatoms. The number of rotatable bonds is 6. The van der Waals surface area contributed by atoms with Gasteiger partial charge < -0.3 is 10.2 Å². The molecule has 6 nitrogen and oxygen atoms in total. The maximum absolute atomic E-state index is 12.7. The van der Waals surface area contributed by atoms with E-state index in [9.17, 15) is 13.2 Å². The van der Waals surface area contributed by atoms with Crippen molar-refractivity contribution >= 4 is 27.3 Å². The summed E-state index contributed by atoms with van der Waals surface area (Å²) in [6.07, 6.45) is 3.18. The third kappa shape index (κ3) is 5.11. The molecule has 2 aliphatic heterocycles. The maximum atomic E-state index is 12.7. The summed E-state index contributed by atoms with van der Waals surface area (Å²) in [6, 6.07) is 14.2. The van der Waals surface area contributed by atoms with Crippen LogP contribution < -0.4 is 10.2 Å². The molecule has 0 unspecified atom stereocenters. The van der Waals surface area contributed by atoms with Crippen molar-refractivity contribution in [3.63, 3.8) is 0 Å². The minimum Gasteiger partial charge on any atom is -0.353 e. The van der Waals surface area contributed by atoms with Gasteiger partial charge in [-0.2, -0.15) is 4.31 Å². The third-order valence-electron chi connectivity index (χ3n) is 6.25. The third-order valence-corrected chi connectivity index (χ3v) is 9.52. The number of hydrogen-bond acceptors (Lipinski definition) is 4. The molecular weight excluding hydrogens is 418 g/mol. The molecule has 30 heavy (non-hydrogen) atoms. The molecule has 0 atom stereocenters. The van der Waals surface area contributed by atoms with E-state index in [1.807, 2.05) is 6.07 Å². The number of hydrogen-bond donors (Lipinski definition) is 2. The fraction of sp³-hybridized carbons (Fsp3) is 0.500. The molecule has 0 aliphatic carbocycles. The molecular formula is C22H30N3O3S2+. The predicted molar refractivity (Wildman–Crippen MR) is 118 cm³/mol. The van der Waals surface area contributed by atoms with Gasteiger partial charge in [0.2, 0.25) is 5.91 Å². The standard InChI is InChI=1S/C22H29N3O3S2/c26-22(19-8-14-25(15-9-19)30(27,28)21-7-4-16-29-21)23-20-10-12-24(13-11-20)17-18-5-2-1-3-6-18/h1-7,16,19-20H,8-15,17H2,(H,23,26)/p+1. The number of nitrogens with one attached hydrogen (secondary N) is 2. The number of piperidine rings is 2. The van der Waals surface area contributed by atoms with Crippen LogP contribution in [-0.4, -0.2) is 50.9 Å². The molecule has 0 radical (unpaired) electrons. The number of thiophene rings is 1. The van der Waals surface area contributed by atoms with Gasteiger partial charge in [0.05, 0.1) is 13.1 Å². The van der Waals surface area contributed by atoms with Gasteiger partial charge in [-0.3, -0.25) is 4.79 Å². The van der Waals surface area contributed by atoms with Crippen LogP contribution in [0.3, 0.4) is 0 Å². The van der Waals surface area contributed by atoms with Gasteiger partial charge in [0.25, 0.3) is 10.0 Å². The van der Waals surface area contributed by atoms with E-state index in [0.717, 1.165) is 32.5 Å². The Morgan fingerprint density at radius 3 is 2.37 bits per heavy atom. The Morgan fingerprint density at radius 2 is 1.73 bits per heavy atom.